The molecule has 0 saturated carbocycles. The minimum Gasteiger partial charge on any atom is -0.360 e. The van der Waals surface area contributed by atoms with Crippen molar-refractivity contribution < 1.29 is 4.90 Å². The minimum atomic E-state index is 1.11. The van der Waals surface area contributed by atoms with Gasteiger partial charge in [-0.1, -0.05) is 72.8 Å². The SMILES string of the molecule is c1ccc(N2CC[NH+](Cc3ccc4ccc5cccc6ccc3c4c56)CC2)cc1. The van der Waals surface area contributed by atoms with E-state index in [1.807, 2.05) is 0 Å². The molecular formula is C27H25N2+. The molecule has 29 heavy (non-hydrogen) atoms. The van der Waals surface area contributed by atoms with Gasteiger partial charge in [0.2, 0.25) is 0 Å². The van der Waals surface area contributed by atoms with Crippen LogP contribution in [0, 0.1) is 0 Å². The molecule has 2 nitrogen and oxygen atoms in total. The Kier molecular flexibility index (Phi) is 3.92. The number of para-hydroxylation sites is 1. The molecule has 1 fully saturated rings. The molecule has 0 spiro atoms. The minimum absolute atomic E-state index is 1.11. The van der Waals surface area contributed by atoms with Crippen LogP contribution in [0.25, 0.3) is 32.3 Å². The topological polar surface area (TPSA) is 7.68 Å². The predicted octanol–water partition coefficient (Wildman–Crippen LogP) is 4.49. The van der Waals surface area contributed by atoms with E-state index in [0.29, 0.717) is 0 Å². The zero-order chi connectivity index (χ0) is 19.2. The lowest BCUT2D eigenvalue weighted by molar-refractivity contribution is -0.914. The summed E-state index contributed by atoms with van der Waals surface area (Å²) < 4.78 is 0. The van der Waals surface area contributed by atoms with Crippen LogP contribution in [0.4, 0.5) is 5.69 Å². The fourth-order valence-electron chi connectivity index (χ4n) is 5.12. The number of rotatable bonds is 3. The third-order valence-corrected chi connectivity index (χ3v) is 6.65. The van der Waals surface area contributed by atoms with Crippen molar-refractivity contribution in [1.82, 2.24) is 0 Å². The van der Waals surface area contributed by atoms with Crippen molar-refractivity contribution in [2.75, 3.05) is 31.1 Å². The van der Waals surface area contributed by atoms with E-state index < -0.39 is 0 Å². The number of anilines is 1. The third-order valence-electron chi connectivity index (χ3n) is 6.65. The van der Waals surface area contributed by atoms with Crippen molar-refractivity contribution in [1.29, 1.82) is 0 Å². The first kappa shape index (κ1) is 16.8. The summed E-state index contributed by atoms with van der Waals surface area (Å²) in [5.74, 6) is 0. The average Bonchev–Trinajstić information content (AvgIpc) is 2.79. The number of nitrogens with zero attached hydrogens (tertiary/aromatic N) is 1. The maximum Gasteiger partial charge on any atom is 0.104 e. The summed E-state index contributed by atoms with van der Waals surface area (Å²) >= 11 is 0. The molecule has 0 aromatic heterocycles. The van der Waals surface area contributed by atoms with Crippen molar-refractivity contribution in [3.63, 3.8) is 0 Å². The van der Waals surface area contributed by atoms with Crippen LogP contribution in [0.2, 0.25) is 0 Å². The van der Waals surface area contributed by atoms with Crippen LogP contribution in [-0.4, -0.2) is 26.2 Å². The predicted molar refractivity (Wildman–Crippen MR) is 123 cm³/mol. The Hall–Kier alpha value is -3.10. The van der Waals surface area contributed by atoms with E-state index >= 15 is 0 Å². The number of piperazine rings is 1. The van der Waals surface area contributed by atoms with Crippen LogP contribution in [0.15, 0.2) is 84.9 Å². The molecule has 1 aliphatic heterocycles. The number of hydrogen-bond donors (Lipinski definition) is 1. The van der Waals surface area contributed by atoms with Gasteiger partial charge in [0.25, 0.3) is 0 Å². The van der Waals surface area contributed by atoms with Crippen molar-refractivity contribution in [2.45, 2.75) is 6.54 Å². The maximum atomic E-state index is 2.52. The summed E-state index contributed by atoms with van der Waals surface area (Å²) in [4.78, 5) is 4.21. The lowest BCUT2D eigenvalue weighted by Crippen LogP contribution is -3.13. The van der Waals surface area contributed by atoms with Crippen molar-refractivity contribution in [3.05, 3.63) is 90.5 Å². The molecule has 1 saturated heterocycles. The monoisotopic (exact) mass is 377 g/mol. The van der Waals surface area contributed by atoms with Gasteiger partial charge in [-0.2, -0.15) is 0 Å². The van der Waals surface area contributed by atoms with Gasteiger partial charge in [-0.3, -0.25) is 0 Å². The van der Waals surface area contributed by atoms with Crippen LogP contribution in [0.3, 0.4) is 0 Å². The summed E-state index contributed by atoms with van der Waals surface area (Å²) in [6, 6.07) is 31.3. The van der Waals surface area contributed by atoms with E-state index in [1.165, 1.54) is 56.7 Å². The highest BCUT2D eigenvalue weighted by Gasteiger charge is 2.21. The average molecular weight is 378 g/mol. The van der Waals surface area contributed by atoms with Crippen LogP contribution in [0.1, 0.15) is 5.56 Å². The van der Waals surface area contributed by atoms with Gasteiger partial charge in [0, 0.05) is 11.3 Å². The Morgan fingerprint density at radius 2 is 1.28 bits per heavy atom. The second-order valence-corrected chi connectivity index (χ2v) is 8.33. The number of benzene rings is 5. The number of quaternary nitrogens is 1. The molecule has 1 aliphatic rings. The Labute approximate surface area is 171 Å². The zero-order valence-corrected chi connectivity index (χ0v) is 16.6. The third kappa shape index (κ3) is 2.83. The van der Waals surface area contributed by atoms with Crippen LogP contribution in [-0.2, 0) is 6.54 Å². The normalized spacial score (nSPS) is 15.7. The van der Waals surface area contributed by atoms with E-state index in [1.54, 1.807) is 4.90 Å². The summed E-state index contributed by atoms with van der Waals surface area (Å²) in [6.45, 7) is 5.75. The van der Waals surface area contributed by atoms with Gasteiger partial charge < -0.3 is 9.80 Å². The smallest absolute Gasteiger partial charge is 0.104 e. The van der Waals surface area contributed by atoms with Gasteiger partial charge in [-0.25, -0.2) is 0 Å². The second-order valence-electron chi connectivity index (χ2n) is 8.33. The molecule has 0 bridgehead atoms. The van der Waals surface area contributed by atoms with Crippen LogP contribution in [0.5, 0.6) is 0 Å². The molecule has 1 heterocycles. The van der Waals surface area contributed by atoms with E-state index in [2.05, 4.69) is 89.8 Å². The van der Waals surface area contributed by atoms with Gasteiger partial charge in [-0.15, -0.1) is 0 Å². The van der Waals surface area contributed by atoms with Gasteiger partial charge >= 0.3 is 0 Å². The van der Waals surface area contributed by atoms with E-state index in [0.717, 1.165) is 19.6 Å². The molecule has 0 radical (unpaired) electrons. The lowest BCUT2D eigenvalue weighted by atomic mass is 9.92. The molecule has 142 valence electrons. The first-order valence-electron chi connectivity index (χ1n) is 10.7. The van der Waals surface area contributed by atoms with Crippen LogP contribution >= 0.6 is 0 Å². The molecule has 2 heteroatoms. The number of hydrogen-bond acceptors (Lipinski definition) is 1. The number of nitrogens with one attached hydrogen (secondary N) is 1. The largest absolute Gasteiger partial charge is 0.360 e. The molecular weight excluding hydrogens is 352 g/mol. The van der Waals surface area contributed by atoms with E-state index in [4.69, 9.17) is 0 Å². The molecule has 5 aromatic carbocycles. The fourth-order valence-corrected chi connectivity index (χ4v) is 5.12. The molecule has 5 aromatic rings. The zero-order valence-electron chi connectivity index (χ0n) is 16.6. The molecule has 0 amide bonds. The molecule has 0 aliphatic carbocycles. The highest BCUT2D eigenvalue weighted by atomic mass is 15.3. The molecule has 0 atom stereocenters. The molecule has 0 unspecified atom stereocenters. The summed E-state index contributed by atoms with van der Waals surface area (Å²) in [5, 5.41) is 8.36. The Bertz CT molecular complexity index is 1270. The van der Waals surface area contributed by atoms with Gasteiger partial charge in [0.15, 0.2) is 0 Å². The second kappa shape index (κ2) is 6.75. The van der Waals surface area contributed by atoms with E-state index in [9.17, 15) is 0 Å². The Morgan fingerprint density at radius 1 is 0.621 bits per heavy atom. The first-order valence-corrected chi connectivity index (χ1v) is 10.7. The van der Waals surface area contributed by atoms with Crippen molar-refractivity contribution >= 4 is 38.0 Å². The maximum absolute atomic E-state index is 2.52. The highest BCUT2D eigenvalue weighted by Crippen LogP contribution is 2.35. The van der Waals surface area contributed by atoms with Crippen LogP contribution < -0.4 is 9.80 Å². The van der Waals surface area contributed by atoms with Gasteiger partial charge in [0.05, 0.1) is 26.2 Å². The summed E-state index contributed by atoms with van der Waals surface area (Å²) in [6.07, 6.45) is 0. The van der Waals surface area contributed by atoms with E-state index in [-0.39, 0.29) is 0 Å². The van der Waals surface area contributed by atoms with Crippen molar-refractivity contribution in [3.8, 4) is 0 Å². The Morgan fingerprint density at radius 3 is 2.03 bits per heavy atom. The summed E-state index contributed by atoms with van der Waals surface area (Å²) in [7, 11) is 0. The fraction of sp³-hybridized carbons (Fsp3) is 0.185. The lowest BCUT2D eigenvalue weighted by Gasteiger charge is -2.34. The Balaban J connectivity index is 1.31. The van der Waals surface area contributed by atoms with Gasteiger partial charge in [0.1, 0.15) is 6.54 Å². The quantitative estimate of drug-likeness (QED) is 0.455. The first-order chi connectivity index (χ1) is 14.4. The standard InChI is InChI=1S/C27H24N2/c1-2-7-24(8-3-1)29-17-15-28(16-18-29)19-23-12-11-22-10-9-20-5-4-6-21-13-14-25(23)27(22)26(20)21/h1-14H,15-19H2/p+1. The molecule has 1 N–H and O–H groups in total. The highest BCUT2D eigenvalue weighted by molar-refractivity contribution is 6.23. The van der Waals surface area contributed by atoms with Crippen molar-refractivity contribution in [2.24, 2.45) is 0 Å². The molecule has 6 rings (SSSR count). The summed E-state index contributed by atoms with van der Waals surface area (Å²) in [5.41, 5.74) is 2.84. The van der Waals surface area contributed by atoms with Gasteiger partial charge in [-0.05, 0) is 44.5 Å².